The summed E-state index contributed by atoms with van der Waals surface area (Å²) in [6.07, 6.45) is -4.61. The number of nitrogens with one attached hydrogen (secondary N) is 1. The first-order valence-corrected chi connectivity index (χ1v) is 7.36. The molecule has 0 fully saturated rings. The fourth-order valence-electron chi connectivity index (χ4n) is 2.07. The summed E-state index contributed by atoms with van der Waals surface area (Å²) >= 11 is 0.921. The van der Waals surface area contributed by atoms with E-state index in [2.05, 4.69) is 0 Å². The third kappa shape index (κ3) is 3.89. The number of rotatable bonds is 4. The Kier molecular flexibility index (Phi) is 4.74. The number of halogens is 3. The molecule has 0 radical (unpaired) electrons. The smallest absolute Gasteiger partial charge is 0.365 e. The predicted molar refractivity (Wildman–Crippen MR) is 81.5 cm³/mol. The van der Waals surface area contributed by atoms with Crippen molar-refractivity contribution in [1.29, 1.82) is 0 Å². The molecule has 0 aliphatic heterocycles. The topological polar surface area (TPSA) is 72.2 Å². The second-order valence-electron chi connectivity index (χ2n) is 4.83. The van der Waals surface area contributed by atoms with E-state index in [1.807, 2.05) is 30.3 Å². The Labute approximate surface area is 134 Å². The highest BCUT2D eigenvalue weighted by atomic mass is 32.1. The number of primary amides is 1. The number of thiophene rings is 1. The Morgan fingerprint density at radius 1 is 1.22 bits per heavy atom. The lowest BCUT2D eigenvalue weighted by Gasteiger charge is -2.07. The fraction of sp³-hybridized carbons (Fsp3) is 0.200. The number of nitrogens with two attached hydrogens (primary N) is 1. The van der Waals surface area contributed by atoms with E-state index in [4.69, 9.17) is 5.73 Å². The number of carbonyl (C=O) groups excluding carboxylic acids is 2. The largest absolute Gasteiger partial charge is 0.471 e. The average molecular weight is 342 g/mol. The Morgan fingerprint density at radius 2 is 1.83 bits per heavy atom. The molecule has 0 unspecified atom stereocenters. The molecule has 2 rings (SSSR count). The summed E-state index contributed by atoms with van der Waals surface area (Å²) in [5, 5.41) is 1.56. The van der Waals surface area contributed by atoms with E-state index in [1.54, 1.807) is 12.2 Å². The zero-order chi connectivity index (χ0) is 17.2. The van der Waals surface area contributed by atoms with Crippen LogP contribution in [0.5, 0.6) is 0 Å². The van der Waals surface area contributed by atoms with Gasteiger partial charge >= 0.3 is 12.1 Å². The minimum atomic E-state index is -5.04. The second-order valence-corrected chi connectivity index (χ2v) is 5.94. The Bertz CT molecular complexity index is 739. The van der Waals surface area contributed by atoms with Crippen molar-refractivity contribution in [3.8, 4) is 0 Å². The summed E-state index contributed by atoms with van der Waals surface area (Å²) in [4.78, 5) is 23.3. The van der Waals surface area contributed by atoms with Gasteiger partial charge in [-0.15, -0.1) is 11.3 Å². The van der Waals surface area contributed by atoms with E-state index in [0.717, 1.165) is 16.9 Å². The number of amides is 2. The van der Waals surface area contributed by atoms with Gasteiger partial charge in [-0.25, -0.2) is 0 Å². The number of benzene rings is 1. The highest BCUT2D eigenvalue weighted by molar-refractivity contribution is 7.17. The summed E-state index contributed by atoms with van der Waals surface area (Å²) in [6, 6.07) is 9.22. The number of alkyl halides is 3. The summed E-state index contributed by atoms with van der Waals surface area (Å²) in [6.45, 7) is 1.60. The van der Waals surface area contributed by atoms with Gasteiger partial charge in [-0.2, -0.15) is 13.2 Å². The third-order valence-electron chi connectivity index (χ3n) is 3.18. The van der Waals surface area contributed by atoms with Crippen molar-refractivity contribution in [2.45, 2.75) is 19.5 Å². The van der Waals surface area contributed by atoms with Gasteiger partial charge in [0.25, 0.3) is 5.91 Å². The summed E-state index contributed by atoms with van der Waals surface area (Å²) in [5.41, 5.74) is 6.57. The van der Waals surface area contributed by atoms with Crippen LogP contribution in [0.3, 0.4) is 0 Å². The van der Waals surface area contributed by atoms with Crippen LogP contribution < -0.4 is 11.1 Å². The molecular weight excluding hydrogens is 329 g/mol. The first-order valence-electron chi connectivity index (χ1n) is 6.54. The molecule has 3 N–H and O–H groups in total. The Hall–Kier alpha value is -2.35. The molecule has 1 aromatic heterocycles. The molecule has 23 heavy (non-hydrogen) atoms. The SMILES string of the molecule is Cc1c(Cc2ccccc2)sc(NC(=O)C(F)(F)F)c1C(N)=O. The van der Waals surface area contributed by atoms with Crippen molar-refractivity contribution in [2.24, 2.45) is 5.73 Å². The minimum Gasteiger partial charge on any atom is -0.365 e. The van der Waals surface area contributed by atoms with E-state index in [0.29, 0.717) is 16.9 Å². The molecule has 0 aliphatic rings. The number of hydrogen-bond acceptors (Lipinski definition) is 3. The van der Waals surface area contributed by atoms with Crippen LogP contribution in [0.15, 0.2) is 30.3 Å². The number of hydrogen-bond donors (Lipinski definition) is 2. The Balaban J connectivity index is 2.37. The van der Waals surface area contributed by atoms with Crippen molar-refractivity contribution in [2.75, 3.05) is 5.32 Å². The molecule has 8 heteroatoms. The van der Waals surface area contributed by atoms with E-state index >= 15 is 0 Å². The van der Waals surface area contributed by atoms with E-state index in [-0.39, 0.29) is 10.6 Å². The van der Waals surface area contributed by atoms with Gasteiger partial charge in [-0.3, -0.25) is 9.59 Å². The molecule has 1 heterocycles. The molecule has 0 saturated carbocycles. The molecule has 4 nitrogen and oxygen atoms in total. The van der Waals surface area contributed by atoms with Crippen LogP contribution in [0, 0.1) is 6.92 Å². The molecule has 0 aliphatic carbocycles. The van der Waals surface area contributed by atoms with Crippen molar-refractivity contribution >= 4 is 28.2 Å². The van der Waals surface area contributed by atoms with E-state index < -0.39 is 18.0 Å². The molecule has 0 bridgehead atoms. The van der Waals surface area contributed by atoms with Crippen LogP contribution >= 0.6 is 11.3 Å². The maximum Gasteiger partial charge on any atom is 0.471 e. The van der Waals surface area contributed by atoms with E-state index in [1.165, 1.54) is 0 Å². The predicted octanol–water partition coefficient (Wildman–Crippen LogP) is 3.25. The monoisotopic (exact) mass is 342 g/mol. The number of anilines is 1. The number of carbonyl (C=O) groups is 2. The lowest BCUT2D eigenvalue weighted by atomic mass is 10.1. The van der Waals surface area contributed by atoms with Gasteiger partial charge in [0.05, 0.1) is 5.56 Å². The minimum absolute atomic E-state index is 0.0847. The molecule has 1 aromatic carbocycles. The molecular formula is C15H13F3N2O2S. The third-order valence-corrected chi connectivity index (χ3v) is 4.39. The van der Waals surface area contributed by atoms with Crippen molar-refractivity contribution in [3.63, 3.8) is 0 Å². The quantitative estimate of drug-likeness (QED) is 0.895. The normalized spacial score (nSPS) is 11.3. The van der Waals surface area contributed by atoms with Gasteiger partial charge < -0.3 is 11.1 Å². The summed E-state index contributed by atoms with van der Waals surface area (Å²) in [7, 11) is 0. The highest BCUT2D eigenvalue weighted by Gasteiger charge is 2.39. The molecule has 0 spiro atoms. The van der Waals surface area contributed by atoms with Gasteiger partial charge in [0.1, 0.15) is 5.00 Å². The lowest BCUT2D eigenvalue weighted by molar-refractivity contribution is -0.167. The molecule has 2 aromatic rings. The van der Waals surface area contributed by atoms with Crippen molar-refractivity contribution in [1.82, 2.24) is 0 Å². The average Bonchev–Trinajstić information content (AvgIpc) is 2.75. The van der Waals surface area contributed by atoms with Gasteiger partial charge in [0, 0.05) is 11.3 Å². The van der Waals surface area contributed by atoms with Gasteiger partial charge in [0.15, 0.2) is 0 Å². The van der Waals surface area contributed by atoms with E-state index in [9.17, 15) is 22.8 Å². The van der Waals surface area contributed by atoms with Crippen LogP contribution in [0.2, 0.25) is 0 Å². The van der Waals surface area contributed by atoms with Gasteiger partial charge in [0.2, 0.25) is 0 Å². The maximum atomic E-state index is 12.4. The standard InChI is InChI=1S/C15H13F3N2O2S/c1-8-10(7-9-5-3-2-4-6-9)23-13(11(8)12(19)21)20-14(22)15(16,17)18/h2-6H,7H2,1H3,(H2,19,21)(H,20,22). The van der Waals surface area contributed by atoms with Crippen LogP contribution in [0.1, 0.15) is 26.4 Å². The molecule has 0 saturated heterocycles. The second kappa shape index (κ2) is 6.41. The highest BCUT2D eigenvalue weighted by Crippen LogP contribution is 2.35. The van der Waals surface area contributed by atoms with Gasteiger partial charge in [-0.1, -0.05) is 30.3 Å². The fourth-order valence-corrected chi connectivity index (χ4v) is 3.31. The van der Waals surface area contributed by atoms with Crippen LogP contribution in [0.25, 0.3) is 0 Å². The lowest BCUT2D eigenvalue weighted by Crippen LogP contribution is -2.30. The van der Waals surface area contributed by atoms with Crippen molar-refractivity contribution in [3.05, 3.63) is 51.9 Å². The summed E-state index contributed by atoms with van der Waals surface area (Å²) < 4.78 is 37.2. The van der Waals surface area contributed by atoms with Gasteiger partial charge in [-0.05, 0) is 18.1 Å². The van der Waals surface area contributed by atoms with Crippen LogP contribution in [0.4, 0.5) is 18.2 Å². The van der Waals surface area contributed by atoms with Crippen molar-refractivity contribution < 1.29 is 22.8 Å². The molecule has 122 valence electrons. The van der Waals surface area contributed by atoms with Crippen LogP contribution in [-0.4, -0.2) is 18.0 Å². The van der Waals surface area contributed by atoms with Crippen LogP contribution in [-0.2, 0) is 11.2 Å². The zero-order valence-electron chi connectivity index (χ0n) is 12.0. The molecule has 2 amide bonds. The maximum absolute atomic E-state index is 12.4. The first kappa shape index (κ1) is 17.0. The Morgan fingerprint density at radius 3 is 2.35 bits per heavy atom. The zero-order valence-corrected chi connectivity index (χ0v) is 12.8. The summed E-state index contributed by atoms with van der Waals surface area (Å²) in [5.74, 6) is -3.01. The first-order chi connectivity index (χ1) is 10.7. The molecule has 0 atom stereocenters.